The second kappa shape index (κ2) is 8.89. The molecule has 0 aliphatic carbocycles. The molecular formula is C15H25FN2O2. The van der Waals surface area contributed by atoms with Crippen LogP contribution in [0.3, 0.4) is 0 Å². The lowest BCUT2D eigenvalue weighted by Crippen LogP contribution is -2.32. The highest BCUT2D eigenvalue weighted by molar-refractivity contribution is 5.31. The van der Waals surface area contributed by atoms with Crippen LogP contribution in [0.2, 0.25) is 0 Å². The molecule has 0 fully saturated rings. The summed E-state index contributed by atoms with van der Waals surface area (Å²) in [6.07, 6.45) is 0. The van der Waals surface area contributed by atoms with Gasteiger partial charge in [0.05, 0.1) is 13.7 Å². The molecule has 0 saturated heterocycles. The molecule has 1 N–H and O–H groups in total. The third-order valence-corrected chi connectivity index (χ3v) is 3.30. The molecule has 0 amide bonds. The Kier molecular flexibility index (Phi) is 7.51. The molecule has 0 aliphatic heterocycles. The number of benzene rings is 1. The zero-order valence-corrected chi connectivity index (χ0v) is 12.8. The zero-order valence-electron chi connectivity index (χ0n) is 12.8. The van der Waals surface area contributed by atoms with E-state index in [1.165, 1.54) is 13.2 Å². The topological polar surface area (TPSA) is 33.7 Å². The molecule has 0 aromatic heterocycles. The summed E-state index contributed by atoms with van der Waals surface area (Å²) >= 11 is 0. The number of hydrogen-bond acceptors (Lipinski definition) is 4. The van der Waals surface area contributed by atoms with Crippen molar-refractivity contribution in [2.45, 2.75) is 13.0 Å². The fraction of sp³-hybridized carbons (Fsp3) is 0.600. The highest BCUT2D eigenvalue weighted by atomic mass is 19.1. The number of methoxy groups -OCH3 is 2. The van der Waals surface area contributed by atoms with Crippen LogP contribution in [0.1, 0.15) is 18.5 Å². The lowest BCUT2D eigenvalue weighted by atomic mass is 10.1. The maximum Gasteiger partial charge on any atom is 0.165 e. The Morgan fingerprint density at radius 2 is 2.05 bits per heavy atom. The van der Waals surface area contributed by atoms with Gasteiger partial charge in [0.2, 0.25) is 0 Å². The lowest BCUT2D eigenvalue weighted by molar-refractivity contribution is 0.161. The van der Waals surface area contributed by atoms with Crippen LogP contribution in [0, 0.1) is 5.82 Å². The van der Waals surface area contributed by atoms with Gasteiger partial charge in [0.1, 0.15) is 0 Å². The van der Waals surface area contributed by atoms with E-state index in [0.29, 0.717) is 0 Å². The molecule has 0 bridgehead atoms. The van der Waals surface area contributed by atoms with E-state index in [9.17, 15) is 4.39 Å². The Balaban J connectivity index is 2.41. The molecular weight excluding hydrogens is 259 g/mol. The van der Waals surface area contributed by atoms with Gasteiger partial charge >= 0.3 is 0 Å². The lowest BCUT2D eigenvalue weighted by Gasteiger charge is -2.19. The van der Waals surface area contributed by atoms with E-state index in [1.54, 1.807) is 19.2 Å². The van der Waals surface area contributed by atoms with Gasteiger partial charge in [-0.1, -0.05) is 6.07 Å². The smallest absolute Gasteiger partial charge is 0.165 e. The van der Waals surface area contributed by atoms with Gasteiger partial charge < -0.3 is 19.7 Å². The number of likely N-dealkylation sites (N-methyl/N-ethyl adjacent to an activating group) is 1. The van der Waals surface area contributed by atoms with Gasteiger partial charge in [-0.25, -0.2) is 4.39 Å². The van der Waals surface area contributed by atoms with E-state index in [1.807, 2.05) is 0 Å². The maximum atomic E-state index is 13.3. The molecule has 0 saturated carbocycles. The third kappa shape index (κ3) is 5.45. The van der Waals surface area contributed by atoms with Crippen molar-refractivity contribution in [3.63, 3.8) is 0 Å². The Bertz CT molecular complexity index is 401. The Hall–Kier alpha value is -1.17. The first-order chi connectivity index (χ1) is 9.58. The van der Waals surface area contributed by atoms with Gasteiger partial charge in [-0.3, -0.25) is 0 Å². The van der Waals surface area contributed by atoms with E-state index in [0.717, 1.165) is 31.8 Å². The molecule has 0 aliphatic rings. The molecule has 114 valence electrons. The highest BCUT2D eigenvalue weighted by Gasteiger charge is 2.09. The first kappa shape index (κ1) is 16.9. The summed E-state index contributed by atoms with van der Waals surface area (Å²) in [5, 5.41) is 3.42. The van der Waals surface area contributed by atoms with E-state index >= 15 is 0 Å². The van der Waals surface area contributed by atoms with Crippen molar-refractivity contribution in [1.29, 1.82) is 0 Å². The van der Waals surface area contributed by atoms with Crippen LogP contribution < -0.4 is 10.1 Å². The highest BCUT2D eigenvalue weighted by Crippen LogP contribution is 2.22. The number of ether oxygens (including phenoxy) is 2. The molecule has 1 aromatic carbocycles. The van der Waals surface area contributed by atoms with E-state index in [-0.39, 0.29) is 17.6 Å². The molecule has 0 spiro atoms. The summed E-state index contributed by atoms with van der Waals surface area (Å²) in [6, 6.07) is 5.11. The standard InChI is InChI=1S/C15H25FN2O2/c1-12(17-7-8-18(2)9-10-19-3)13-5-6-14(16)15(11-13)20-4/h5-6,11-12,17H,7-10H2,1-4H3. The minimum atomic E-state index is -0.331. The number of hydrogen-bond donors (Lipinski definition) is 1. The molecule has 1 rings (SSSR count). The second-order valence-electron chi connectivity index (χ2n) is 4.87. The molecule has 0 radical (unpaired) electrons. The fourth-order valence-electron chi connectivity index (χ4n) is 1.89. The van der Waals surface area contributed by atoms with Crippen molar-refractivity contribution in [2.75, 3.05) is 47.5 Å². The second-order valence-corrected chi connectivity index (χ2v) is 4.87. The average Bonchev–Trinajstić information content (AvgIpc) is 2.45. The summed E-state index contributed by atoms with van der Waals surface area (Å²) in [4.78, 5) is 2.20. The third-order valence-electron chi connectivity index (χ3n) is 3.30. The van der Waals surface area contributed by atoms with E-state index < -0.39 is 0 Å². The first-order valence-corrected chi connectivity index (χ1v) is 6.82. The minimum Gasteiger partial charge on any atom is -0.494 e. The van der Waals surface area contributed by atoms with Gasteiger partial charge in [0.25, 0.3) is 0 Å². The van der Waals surface area contributed by atoms with Gasteiger partial charge in [0, 0.05) is 32.8 Å². The van der Waals surface area contributed by atoms with Crippen LogP contribution in [-0.2, 0) is 4.74 Å². The molecule has 0 heterocycles. The predicted molar refractivity (Wildman–Crippen MR) is 78.7 cm³/mol. The van der Waals surface area contributed by atoms with Crippen molar-refractivity contribution in [3.05, 3.63) is 29.6 Å². The van der Waals surface area contributed by atoms with Crippen LogP contribution in [0.15, 0.2) is 18.2 Å². The molecule has 20 heavy (non-hydrogen) atoms. The maximum absolute atomic E-state index is 13.3. The average molecular weight is 284 g/mol. The Labute approximate surface area is 120 Å². The SMILES string of the molecule is COCCN(C)CCNC(C)c1ccc(F)c(OC)c1. The molecule has 1 aromatic rings. The predicted octanol–water partition coefficient (Wildman–Crippen LogP) is 2.06. The van der Waals surface area contributed by atoms with Gasteiger partial charge in [-0.15, -0.1) is 0 Å². The summed E-state index contributed by atoms with van der Waals surface area (Å²) in [6.45, 7) is 5.51. The minimum absolute atomic E-state index is 0.153. The number of nitrogens with one attached hydrogen (secondary N) is 1. The van der Waals surface area contributed by atoms with Gasteiger partial charge in [-0.2, -0.15) is 0 Å². The summed E-state index contributed by atoms with van der Waals surface area (Å²) < 4.78 is 23.4. The number of rotatable bonds is 9. The molecule has 5 heteroatoms. The number of halogens is 1. The van der Waals surface area contributed by atoms with Crippen LogP contribution in [0.25, 0.3) is 0 Å². The van der Waals surface area contributed by atoms with Crippen LogP contribution in [0.5, 0.6) is 5.75 Å². The van der Waals surface area contributed by atoms with E-state index in [4.69, 9.17) is 9.47 Å². The Morgan fingerprint density at radius 1 is 1.30 bits per heavy atom. The van der Waals surface area contributed by atoms with Crippen molar-refractivity contribution >= 4 is 0 Å². The summed E-state index contributed by atoms with van der Waals surface area (Å²) in [5.74, 6) is -0.0453. The van der Waals surface area contributed by atoms with Crippen molar-refractivity contribution in [2.24, 2.45) is 0 Å². The molecule has 4 nitrogen and oxygen atoms in total. The largest absolute Gasteiger partial charge is 0.494 e. The molecule has 1 atom stereocenters. The molecule has 1 unspecified atom stereocenters. The fourth-order valence-corrected chi connectivity index (χ4v) is 1.89. The monoisotopic (exact) mass is 284 g/mol. The summed E-state index contributed by atoms with van der Waals surface area (Å²) in [5.41, 5.74) is 1.02. The normalized spacial score (nSPS) is 12.7. The van der Waals surface area contributed by atoms with E-state index in [2.05, 4.69) is 24.2 Å². The first-order valence-electron chi connectivity index (χ1n) is 6.82. The summed E-state index contributed by atoms with van der Waals surface area (Å²) in [7, 11) is 5.24. The van der Waals surface area contributed by atoms with Crippen molar-refractivity contribution < 1.29 is 13.9 Å². The van der Waals surface area contributed by atoms with Crippen molar-refractivity contribution in [3.8, 4) is 5.75 Å². The zero-order chi connectivity index (χ0) is 15.0. The van der Waals surface area contributed by atoms with Gasteiger partial charge in [0.15, 0.2) is 11.6 Å². The number of nitrogens with zero attached hydrogens (tertiary/aromatic N) is 1. The Morgan fingerprint density at radius 3 is 2.70 bits per heavy atom. The van der Waals surface area contributed by atoms with Gasteiger partial charge in [-0.05, 0) is 31.7 Å². The van der Waals surface area contributed by atoms with Crippen molar-refractivity contribution in [1.82, 2.24) is 10.2 Å². The van der Waals surface area contributed by atoms with Crippen LogP contribution in [-0.4, -0.2) is 52.4 Å². The quantitative estimate of drug-likeness (QED) is 0.752. The van der Waals surface area contributed by atoms with Crippen LogP contribution in [0.4, 0.5) is 4.39 Å². The van der Waals surface area contributed by atoms with Crippen LogP contribution >= 0.6 is 0 Å².